The number of hydrogen-bond acceptors (Lipinski definition) is 2. The number of rotatable bonds is 6. The third-order valence-corrected chi connectivity index (χ3v) is 4.05. The van der Waals surface area contributed by atoms with E-state index < -0.39 is 0 Å². The largest absolute Gasteiger partial charge is 0.494 e. The zero-order valence-electron chi connectivity index (χ0n) is 11.8. The van der Waals surface area contributed by atoms with Gasteiger partial charge in [-0.05, 0) is 55.8 Å². The minimum absolute atomic E-state index is 0.710. The lowest BCUT2D eigenvalue weighted by molar-refractivity contribution is 0.185. The molecule has 0 spiro atoms. The van der Waals surface area contributed by atoms with E-state index in [4.69, 9.17) is 4.74 Å². The van der Waals surface area contributed by atoms with Gasteiger partial charge in [0.1, 0.15) is 5.75 Å². The zero-order valence-corrected chi connectivity index (χ0v) is 11.8. The Labute approximate surface area is 111 Å². The molecule has 0 saturated heterocycles. The van der Waals surface area contributed by atoms with E-state index in [2.05, 4.69) is 43.4 Å². The Morgan fingerprint density at radius 2 is 1.94 bits per heavy atom. The van der Waals surface area contributed by atoms with Crippen molar-refractivity contribution in [1.82, 2.24) is 5.32 Å². The molecule has 3 atom stereocenters. The molecule has 1 aromatic rings. The molecular formula is C16H25NO. The summed E-state index contributed by atoms with van der Waals surface area (Å²) >= 11 is 0. The van der Waals surface area contributed by atoms with E-state index in [0.29, 0.717) is 6.04 Å². The topological polar surface area (TPSA) is 21.3 Å². The first-order valence-corrected chi connectivity index (χ1v) is 7.22. The van der Waals surface area contributed by atoms with Gasteiger partial charge in [0.2, 0.25) is 0 Å². The Kier molecular flexibility index (Phi) is 4.65. The second-order valence-electron chi connectivity index (χ2n) is 5.26. The summed E-state index contributed by atoms with van der Waals surface area (Å²) in [5.41, 5.74) is 1.46. The van der Waals surface area contributed by atoms with Crippen molar-refractivity contribution in [2.75, 3.05) is 13.2 Å². The molecule has 1 aromatic carbocycles. The first-order chi connectivity index (χ1) is 8.76. The maximum Gasteiger partial charge on any atom is 0.119 e. The van der Waals surface area contributed by atoms with Gasteiger partial charge in [0.05, 0.1) is 6.61 Å². The van der Waals surface area contributed by atoms with Crippen LogP contribution in [0, 0.1) is 5.92 Å². The van der Waals surface area contributed by atoms with E-state index in [0.717, 1.165) is 30.7 Å². The van der Waals surface area contributed by atoms with Crippen molar-refractivity contribution >= 4 is 0 Å². The highest BCUT2D eigenvalue weighted by Gasteiger charge is 2.37. The summed E-state index contributed by atoms with van der Waals surface area (Å²) in [6.07, 6.45) is 2.49. The van der Waals surface area contributed by atoms with E-state index >= 15 is 0 Å². The minimum atomic E-state index is 0.710. The molecule has 0 heterocycles. The summed E-state index contributed by atoms with van der Waals surface area (Å²) in [6, 6.07) is 9.35. The Hall–Kier alpha value is -1.02. The molecule has 1 aliphatic rings. The summed E-state index contributed by atoms with van der Waals surface area (Å²) < 4.78 is 5.48. The highest BCUT2D eigenvalue weighted by atomic mass is 16.5. The quantitative estimate of drug-likeness (QED) is 0.829. The number of hydrogen-bond donors (Lipinski definition) is 1. The zero-order chi connectivity index (χ0) is 13.0. The van der Waals surface area contributed by atoms with E-state index in [-0.39, 0.29) is 0 Å². The van der Waals surface area contributed by atoms with Crippen molar-refractivity contribution in [2.45, 2.75) is 45.6 Å². The van der Waals surface area contributed by atoms with Crippen LogP contribution >= 0.6 is 0 Å². The van der Waals surface area contributed by atoms with Gasteiger partial charge in [-0.2, -0.15) is 0 Å². The molecule has 1 fully saturated rings. The van der Waals surface area contributed by atoms with Gasteiger partial charge in [0, 0.05) is 6.04 Å². The molecule has 0 aromatic heterocycles. The molecule has 1 N–H and O–H groups in total. The Balaban J connectivity index is 1.89. The van der Waals surface area contributed by atoms with Crippen LogP contribution in [0.4, 0.5) is 0 Å². The number of ether oxygens (including phenoxy) is 1. The van der Waals surface area contributed by atoms with E-state index in [1.807, 2.05) is 6.92 Å². The lowest BCUT2D eigenvalue weighted by Crippen LogP contribution is -2.48. The fourth-order valence-electron chi connectivity index (χ4n) is 2.80. The lowest BCUT2D eigenvalue weighted by atomic mass is 9.67. The fraction of sp³-hybridized carbons (Fsp3) is 0.625. The van der Waals surface area contributed by atoms with Gasteiger partial charge in [0.15, 0.2) is 0 Å². The van der Waals surface area contributed by atoms with Crippen LogP contribution in [0.1, 0.15) is 45.1 Å². The smallest absolute Gasteiger partial charge is 0.119 e. The summed E-state index contributed by atoms with van der Waals surface area (Å²) in [4.78, 5) is 0. The van der Waals surface area contributed by atoms with Crippen LogP contribution in [0.2, 0.25) is 0 Å². The van der Waals surface area contributed by atoms with Gasteiger partial charge in [-0.3, -0.25) is 0 Å². The number of benzene rings is 1. The van der Waals surface area contributed by atoms with Gasteiger partial charge in [0.25, 0.3) is 0 Å². The van der Waals surface area contributed by atoms with Gasteiger partial charge < -0.3 is 10.1 Å². The van der Waals surface area contributed by atoms with Crippen molar-refractivity contribution in [3.63, 3.8) is 0 Å². The van der Waals surface area contributed by atoms with Crippen molar-refractivity contribution in [2.24, 2.45) is 5.92 Å². The highest BCUT2D eigenvalue weighted by molar-refractivity contribution is 5.31. The molecule has 2 nitrogen and oxygen atoms in total. The Bertz CT molecular complexity index is 360. The van der Waals surface area contributed by atoms with Gasteiger partial charge in [-0.15, -0.1) is 0 Å². The van der Waals surface area contributed by atoms with Crippen molar-refractivity contribution in [3.8, 4) is 5.75 Å². The average Bonchev–Trinajstić information content (AvgIpc) is 2.39. The predicted octanol–water partition coefficient (Wildman–Crippen LogP) is 3.58. The van der Waals surface area contributed by atoms with Crippen LogP contribution < -0.4 is 10.1 Å². The second kappa shape index (κ2) is 6.24. The molecule has 100 valence electrons. The third kappa shape index (κ3) is 2.86. The van der Waals surface area contributed by atoms with Crippen molar-refractivity contribution in [1.29, 1.82) is 0 Å². The molecule has 0 aliphatic heterocycles. The second-order valence-corrected chi connectivity index (χ2v) is 5.26. The predicted molar refractivity (Wildman–Crippen MR) is 76.2 cm³/mol. The Morgan fingerprint density at radius 3 is 2.50 bits per heavy atom. The van der Waals surface area contributed by atoms with Crippen LogP contribution in [-0.2, 0) is 0 Å². The number of nitrogens with one attached hydrogen (secondary N) is 1. The van der Waals surface area contributed by atoms with Crippen LogP contribution in [-0.4, -0.2) is 19.2 Å². The molecular weight excluding hydrogens is 222 g/mol. The molecule has 18 heavy (non-hydrogen) atoms. The maximum atomic E-state index is 5.48. The van der Waals surface area contributed by atoms with Crippen LogP contribution in [0.25, 0.3) is 0 Å². The SMILES string of the molecule is CCCNC1CC(c2ccc(OCC)cc2)C1C. The third-order valence-electron chi connectivity index (χ3n) is 4.05. The van der Waals surface area contributed by atoms with Crippen LogP contribution in [0.5, 0.6) is 5.75 Å². The van der Waals surface area contributed by atoms with E-state index in [1.165, 1.54) is 18.4 Å². The van der Waals surface area contributed by atoms with Gasteiger partial charge in [-0.25, -0.2) is 0 Å². The molecule has 2 rings (SSSR count). The summed E-state index contributed by atoms with van der Waals surface area (Å²) in [5.74, 6) is 2.44. The van der Waals surface area contributed by atoms with E-state index in [9.17, 15) is 0 Å². The summed E-state index contributed by atoms with van der Waals surface area (Å²) in [7, 11) is 0. The summed E-state index contributed by atoms with van der Waals surface area (Å²) in [6.45, 7) is 8.48. The molecule has 0 amide bonds. The van der Waals surface area contributed by atoms with Crippen LogP contribution in [0.15, 0.2) is 24.3 Å². The van der Waals surface area contributed by atoms with Gasteiger partial charge in [-0.1, -0.05) is 26.0 Å². The molecule has 1 saturated carbocycles. The maximum absolute atomic E-state index is 5.48. The fourth-order valence-corrected chi connectivity index (χ4v) is 2.80. The van der Waals surface area contributed by atoms with Crippen molar-refractivity contribution in [3.05, 3.63) is 29.8 Å². The highest BCUT2D eigenvalue weighted by Crippen LogP contribution is 2.42. The molecule has 0 radical (unpaired) electrons. The minimum Gasteiger partial charge on any atom is -0.494 e. The van der Waals surface area contributed by atoms with Crippen LogP contribution in [0.3, 0.4) is 0 Å². The summed E-state index contributed by atoms with van der Waals surface area (Å²) in [5, 5.41) is 3.63. The normalized spacial score (nSPS) is 26.7. The average molecular weight is 247 g/mol. The first kappa shape index (κ1) is 13.4. The molecule has 2 heteroatoms. The molecule has 3 unspecified atom stereocenters. The van der Waals surface area contributed by atoms with E-state index in [1.54, 1.807) is 0 Å². The Morgan fingerprint density at radius 1 is 1.22 bits per heavy atom. The lowest BCUT2D eigenvalue weighted by Gasteiger charge is -2.44. The monoisotopic (exact) mass is 247 g/mol. The standard InChI is InChI=1S/C16H25NO/c1-4-10-17-16-11-15(12(16)3)13-6-8-14(9-7-13)18-5-2/h6-9,12,15-17H,4-5,10-11H2,1-3H3. The first-order valence-electron chi connectivity index (χ1n) is 7.22. The molecule has 0 bridgehead atoms. The molecule has 1 aliphatic carbocycles. The van der Waals surface area contributed by atoms with Gasteiger partial charge >= 0.3 is 0 Å². The van der Waals surface area contributed by atoms with Crippen molar-refractivity contribution < 1.29 is 4.74 Å².